The summed E-state index contributed by atoms with van der Waals surface area (Å²) < 4.78 is 19.8. The van der Waals surface area contributed by atoms with Crippen molar-refractivity contribution in [3.8, 4) is 0 Å². The van der Waals surface area contributed by atoms with E-state index in [2.05, 4.69) is 6.92 Å². The molecule has 2 fully saturated rings. The van der Waals surface area contributed by atoms with Gasteiger partial charge in [0.15, 0.2) is 11.6 Å². The minimum absolute atomic E-state index is 0.164. The van der Waals surface area contributed by atoms with Crippen molar-refractivity contribution in [1.29, 1.82) is 0 Å². The first-order valence-electron chi connectivity index (χ1n) is 21.3. The molecule has 0 radical (unpaired) electrons. The zero-order valence-corrected chi connectivity index (χ0v) is 36.2. The van der Waals surface area contributed by atoms with Crippen LogP contribution in [0.5, 0.6) is 0 Å². The first-order valence-corrected chi connectivity index (χ1v) is 21.3. The van der Waals surface area contributed by atoms with E-state index in [1.54, 1.807) is 32.9 Å². The number of ketones is 2. The Morgan fingerprint density at radius 3 is 2.11 bits per heavy atom. The first-order chi connectivity index (χ1) is 26.5. The minimum atomic E-state index is -2.22. The Hall–Kier alpha value is -2.29. The molecule has 0 aliphatic carbocycles. The van der Waals surface area contributed by atoms with E-state index in [0.29, 0.717) is 25.7 Å². The fourth-order valence-corrected chi connectivity index (χ4v) is 9.07. The molecule has 12 heteroatoms. The maximum absolute atomic E-state index is 13.5. The van der Waals surface area contributed by atoms with Gasteiger partial charge >= 0.3 is 5.97 Å². The van der Waals surface area contributed by atoms with Gasteiger partial charge < -0.3 is 44.8 Å². The lowest BCUT2D eigenvalue weighted by atomic mass is 9.74. The Bertz CT molecular complexity index is 1420. The first kappa shape index (κ1) is 49.1. The number of esters is 1. The molecule has 57 heavy (non-hydrogen) atoms. The van der Waals surface area contributed by atoms with E-state index >= 15 is 0 Å². The van der Waals surface area contributed by atoms with Crippen LogP contribution in [0.15, 0.2) is 36.5 Å². The number of hydrogen-bond donors (Lipinski definition) is 6. The van der Waals surface area contributed by atoms with E-state index in [4.69, 9.17) is 14.2 Å². The normalized spacial score (nSPS) is 45.8. The number of ether oxygens (including phenoxy) is 3. The Morgan fingerprint density at radius 2 is 1.49 bits per heavy atom. The van der Waals surface area contributed by atoms with E-state index < -0.39 is 107 Å². The lowest BCUT2D eigenvalue weighted by molar-refractivity contribution is -0.372. The molecule has 12 nitrogen and oxygen atoms in total. The lowest BCUT2D eigenvalue weighted by Crippen LogP contribution is -2.62. The maximum Gasteiger partial charge on any atom is 0.330 e. The van der Waals surface area contributed by atoms with Gasteiger partial charge in [-0.05, 0) is 51.4 Å². The van der Waals surface area contributed by atoms with Crippen LogP contribution >= 0.6 is 0 Å². The molecule has 1 spiro atoms. The zero-order chi connectivity index (χ0) is 43.2. The van der Waals surface area contributed by atoms with Gasteiger partial charge in [-0.1, -0.05) is 92.7 Å². The third kappa shape index (κ3) is 11.7. The summed E-state index contributed by atoms with van der Waals surface area (Å²) in [4.78, 5) is 40.6. The zero-order valence-electron chi connectivity index (χ0n) is 36.2. The van der Waals surface area contributed by atoms with Crippen LogP contribution in [-0.4, -0.2) is 108 Å². The van der Waals surface area contributed by atoms with Gasteiger partial charge in [0.25, 0.3) is 0 Å². The molecule has 3 rings (SSSR count). The summed E-state index contributed by atoms with van der Waals surface area (Å²) >= 11 is 0. The van der Waals surface area contributed by atoms with Gasteiger partial charge in [0.05, 0.1) is 42.7 Å². The van der Waals surface area contributed by atoms with Crippen molar-refractivity contribution in [1.82, 2.24) is 0 Å². The molecule has 0 amide bonds. The molecule has 0 aromatic rings. The van der Waals surface area contributed by atoms with Crippen LogP contribution in [0.25, 0.3) is 0 Å². The van der Waals surface area contributed by atoms with Crippen LogP contribution in [0.3, 0.4) is 0 Å². The average Bonchev–Trinajstić information content (AvgIpc) is 3.17. The highest BCUT2D eigenvalue weighted by molar-refractivity contribution is 5.91. The third-order valence-corrected chi connectivity index (χ3v) is 13.5. The molecule has 326 valence electrons. The molecule has 6 N–H and O–H groups in total. The molecule has 19 unspecified atom stereocenters. The molecule has 0 aromatic carbocycles. The molecule has 3 aliphatic rings. The predicted molar refractivity (Wildman–Crippen MR) is 216 cm³/mol. The summed E-state index contributed by atoms with van der Waals surface area (Å²) in [5.74, 6) is -8.49. The van der Waals surface area contributed by atoms with Crippen molar-refractivity contribution in [3.05, 3.63) is 36.5 Å². The van der Waals surface area contributed by atoms with Crippen molar-refractivity contribution in [2.45, 2.75) is 175 Å². The quantitative estimate of drug-likeness (QED) is 0.212. The van der Waals surface area contributed by atoms with Gasteiger partial charge in [-0.2, -0.15) is 0 Å². The number of fused-ring (bicyclic) bond motifs is 2. The van der Waals surface area contributed by atoms with Gasteiger partial charge in [0, 0.05) is 60.3 Å². The summed E-state index contributed by atoms with van der Waals surface area (Å²) in [5, 5.41) is 66.7. The largest absolute Gasteiger partial charge is 0.458 e. The number of hydrogen-bond acceptors (Lipinski definition) is 12. The maximum atomic E-state index is 13.5. The van der Waals surface area contributed by atoms with Crippen molar-refractivity contribution >= 4 is 17.5 Å². The minimum Gasteiger partial charge on any atom is -0.458 e. The van der Waals surface area contributed by atoms with Crippen LogP contribution in [0.1, 0.15) is 115 Å². The smallest absolute Gasteiger partial charge is 0.330 e. The van der Waals surface area contributed by atoms with Crippen LogP contribution < -0.4 is 0 Å². The van der Waals surface area contributed by atoms with Crippen molar-refractivity contribution in [2.75, 3.05) is 0 Å². The second-order valence-electron chi connectivity index (χ2n) is 18.1. The lowest BCUT2D eigenvalue weighted by Gasteiger charge is -2.55. The Morgan fingerprint density at radius 1 is 0.860 bits per heavy atom. The number of aliphatic hydroxyl groups is 6. The second kappa shape index (κ2) is 20.8. The molecule has 3 heterocycles. The third-order valence-electron chi connectivity index (χ3n) is 13.5. The summed E-state index contributed by atoms with van der Waals surface area (Å²) in [6, 6.07) is 0. The average molecular weight is 807 g/mol. The Balaban J connectivity index is 2.02. The summed E-state index contributed by atoms with van der Waals surface area (Å²) in [6.45, 7) is 18.6. The van der Waals surface area contributed by atoms with Gasteiger partial charge in [0.2, 0.25) is 0 Å². The Labute approximate surface area is 340 Å². The molecule has 19 atom stereocenters. The van der Waals surface area contributed by atoms with Gasteiger partial charge in [-0.25, -0.2) is 4.79 Å². The van der Waals surface area contributed by atoms with Crippen molar-refractivity contribution in [2.24, 2.45) is 53.3 Å². The van der Waals surface area contributed by atoms with Crippen LogP contribution in [-0.2, 0) is 28.6 Å². The predicted octanol–water partition coefficient (Wildman–Crippen LogP) is 4.85. The highest BCUT2D eigenvalue weighted by atomic mass is 16.7. The van der Waals surface area contributed by atoms with E-state index in [-0.39, 0.29) is 30.3 Å². The highest BCUT2D eigenvalue weighted by Gasteiger charge is 2.56. The number of allylic oxidation sites excluding steroid dienone is 3. The van der Waals surface area contributed by atoms with Crippen LogP contribution in [0.4, 0.5) is 0 Å². The molecule has 2 saturated heterocycles. The van der Waals surface area contributed by atoms with Gasteiger partial charge in [0.1, 0.15) is 17.5 Å². The topological polar surface area (TPSA) is 200 Å². The number of aliphatic hydroxyl groups excluding tert-OH is 5. The van der Waals surface area contributed by atoms with E-state index in [1.807, 2.05) is 32.9 Å². The standard InChI is InChI=1S/C45H74O12/c1-12-33-17-15-13-14-16-26(4)42(52)44(11,54)43(53)31(9)40(51)30(8)39(50)29(7)38(49)25(3)18-19-37(48)55-41-28(6)36(23-34(33)47)57-45(32(41)10)21-20-24(2)35(56-45)22-27(5)46/h13-15,17-19,24-36,38,40-42,46-47,49,51-52,54H,12,16,20-23H2,1-11H3. The molecule has 0 aromatic heterocycles. The molecule has 0 saturated carbocycles. The number of rotatable bonds is 3. The Kier molecular flexibility index (Phi) is 17.9. The van der Waals surface area contributed by atoms with Gasteiger partial charge in [-0.3, -0.25) is 9.59 Å². The van der Waals surface area contributed by atoms with Crippen LogP contribution in [0.2, 0.25) is 0 Å². The molecular formula is C45H74O12. The number of carbonyl (C=O) groups is 3. The van der Waals surface area contributed by atoms with E-state index in [9.17, 15) is 45.0 Å². The van der Waals surface area contributed by atoms with Gasteiger partial charge in [-0.15, -0.1) is 0 Å². The second-order valence-corrected chi connectivity index (χ2v) is 18.1. The highest BCUT2D eigenvalue weighted by Crippen LogP contribution is 2.49. The SMILES string of the molecule is CCC1C=CC=CCC(C)C(O)C(C)(O)C(=O)C(C)C(O)C(C)C(=O)C(C)C(O)C(C)C=CC(=O)OC2C(C)C(CC1O)OC1(CCC(C)C(CC(C)O)O1)C2C. The van der Waals surface area contributed by atoms with Crippen molar-refractivity contribution in [3.63, 3.8) is 0 Å². The van der Waals surface area contributed by atoms with E-state index in [0.717, 1.165) is 6.42 Å². The summed E-state index contributed by atoms with van der Waals surface area (Å²) in [6.07, 6.45) is 5.74. The number of Topliss-reactive ketones (excluding diaryl/α,β-unsaturated/α-hetero) is 2. The molecule has 3 aliphatic heterocycles. The summed E-state index contributed by atoms with van der Waals surface area (Å²) in [7, 11) is 0. The summed E-state index contributed by atoms with van der Waals surface area (Å²) in [5.41, 5.74) is -2.22. The fourth-order valence-electron chi connectivity index (χ4n) is 9.07. The number of carbonyl (C=O) groups excluding carboxylic acids is 3. The monoisotopic (exact) mass is 807 g/mol. The fraction of sp³-hybridized carbons (Fsp3) is 0.800. The van der Waals surface area contributed by atoms with E-state index in [1.165, 1.54) is 39.8 Å². The molecule has 2 bridgehead atoms. The van der Waals surface area contributed by atoms with Crippen molar-refractivity contribution < 1.29 is 59.2 Å². The van der Waals surface area contributed by atoms with Crippen LogP contribution in [0, 0.1) is 53.3 Å². The molecular weight excluding hydrogens is 732 g/mol.